The van der Waals surface area contributed by atoms with Gasteiger partial charge < -0.3 is 11.8 Å². The summed E-state index contributed by atoms with van der Waals surface area (Å²) in [5.41, 5.74) is 0. The molecule has 4 heteroatoms. The molecule has 0 heterocycles. The fraction of sp³-hybridized carbons (Fsp3) is 0.800. The Morgan fingerprint density at radius 2 is 2.22 bits per heavy atom. The summed E-state index contributed by atoms with van der Waals surface area (Å²) < 4.78 is 0. The van der Waals surface area contributed by atoms with Gasteiger partial charge in [0.1, 0.15) is 0 Å². The van der Waals surface area contributed by atoms with Crippen molar-refractivity contribution in [1.29, 1.82) is 0 Å². The summed E-state index contributed by atoms with van der Waals surface area (Å²) >= 11 is 0. The molecule has 9 heavy (non-hydrogen) atoms. The van der Waals surface area contributed by atoms with E-state index in [1.807, 2.05) is 13.8 Å². The van der Waals surface area contributed by atoms with Crippen LogP contribution >= 0.6 is 0 Å². The van der Waals surface area contributed by atoms with Crippen molar-refractivity contribution in [3.8, 4) is 0 Å². The minimum atomic E-state index is -0.807. The summed E-state index contributed by atoms with van der Waals surface area (Å²) in [6, 6.07) is 0.256. The summed E-state index contributed by atoms with van der Waals surface area (Å²) in [6.45, 7) is 3.86. The monoisotopic (exact) mass is 141 g/mol. The van der Waals surface area contributed by atoms with Gasteiger partial charge in [0.25, 0.3) is 0 Å². The van der Waals surface area contributed by atoms with Crippen LogP contribution in [0.5, 0.6) is 0 Å². The van der Waals surface area contributed by atoms with Gasteiger partial charge in [-0.25, -0.2) is 0 Å². The molecular weight excluding hydrogens is 129 g/mol. The molecule has 0 aromatic carbocycles. The maximum absolute atomic E-state index is 9.84. The first-order valence-electron chi connectivity index (χ1n) is 2.58. The Hall–Kier alpha value is 0.430. The quantitative estimate of drug-likeness (QED) is 0.417. The van der Waals surface area contributed by atoms with Crippen LogP contribution in [0.15, 0.2) is 0 Å². The van der Waals surface area contributed by atoms with Crippen LogP contribution in [0.2, 0.25) is 0 Å². The molecule has 0 aromatic rings. The van der Waals surface area contributed by atoms with Crippen molar-refractivity contribution in [3.63, 3.8) is 0 Å². The zero-order chi connectivity index (χ0) is 6.57. The fourth-order valence-electron chi connectivity index (χ4n) is 0.291. The Morgan fingerprint density at radius 1 is 1.78 bits per heavy atom. The van der Waals surface area contributed by atoms with E-state index >= 15 is 0 Å². The molecule has 0 aliphatic rings. The molecular formula is C5H12NNaO2. The molecule has 0 saturated heterocycles. The molecule has 0 unspecified atom stereocenters. The van der Waals surface area contributed by atoms with E-state index in [0.717, 1.165) is 0 Å². The molecule has 0 radical (unpaired) electrons. The zero-order valence-corrected chi connectivity index (χ0v) is 8.14. The summed E-state index contributed by atoms with van der Waals surface area (Å²) in [6.07, 6.45) is 0. The molecule has 0 aliphatic carbocycles. The average Bonchev–Trinajstić information content (AvgIpc) is 1.61. The van der Waals surface area contributed by atoms with E-state index in [1.165, 1.54) is 0 Å². The van der Waals surface area contributed by atoms with Crippen LogP contribution < -0.4 is 34.9 Å². The van der Waals surface area contributed by atoms with E-state index in [0.29, 0.717) is 0 Å². The summed E-state index contributed by atoms with van der Waals surface area (Å²) in [4.78, 5) is 9.84. The molecule has 0 fully saturated rings. The summed E-state index contributed by atoms with van der Waals surface area (Å²) in [5, 5.41) is 10.8. The van der Waals surface area contributed by atoms with Crippen molar-refractivity contribution in [1.82, 2.24) is 5.32 Å². The van der Waals surface area contributed by atoms with Gasteiger partial charge in [-0.3, -0.25) is 4.79 Å². The number of carboxylic acids is 1. The van der Waals surface area contributed by atoms with Gasteiger partial charge in [0.05, 0.1) is 6.54 Å². The molecule has 0 spiro atoms. The predicted octanol–water partition coefficient (Wildman–Crippen LogP) is -2.81. The third-order valence-corrected chi connectivity index (χ3v) is 0.662. The van der Waals surface area contributed by atoms with Crippen LogP contribution in [0.4, 0.5) is 0 Å². The minimum Gasteiger partial charge on any atom is -1.00 e. The second-order valence-electron chi connectivity index (χ2n) is 1.93. The first-order valence-corrected chi connectivity index (χ1v) is 2.58. The van der Waals surface area contributed by atoms with Crippen molar-refractivity contribution >= 4 is 5.97 Å². The van der Waals surface area contributed by atoms with E-state index in [1.54, 1.807) is 0 Å². The molecule has 0 aliphatic heterocycles. The van der Waals surface area contributed by atoms with E-state index in [9.17, 15) is 4.79 Å². The minimum absolute atomic E-state index is 0. The topological polar surface area (TPSA) is 49.3 Å². The molecule has 50 valence electrons. The van der Waals surface area contributed by atoms with Gasteiger partial charge in [-0.1, -0.05) is 13.8 Å². The molecule has 0 aromatic heterocycles. The van der Waals surface area contributed by atoms with E-state index in [-0.39, 0.29) is 43.6 Å². The predicted molar refractivity (Wildman–Crippen MR) is 31.9 cm³/mol. The van der Waals surface area contributed by atoms with Gasteiger partial charge in [0.2, 0.25) is 0 Å². The molecule has 2 N–H and O–H groups in total. The van der Waals surface area contributed by atoms with Crippen molar-refractivity contribution in [2.75, 3.05) is 6.54 Å². The summed E-state index contributed by atoms with van der Waals surface area (Å²) in [5.74, 6) is -0.807. The first-order chi connectivity index (χ1) is 3.63. The Labute approximate surface area is 78.6 Å². The van der Waals surface area contributed by atoms with Gasteiger partial charge in [-0.05, 0) is 0 Å². The van der Waals surface area contributed by atoms with Gasteiger partial charge in [-0.2, -0.15) is 0 Å². The Kier molecular flexibility index (Phi) is 8.83. The summed E-state index contributed by atoms with van der Waals surface area (Å²) in [7, 11) is 0. The van der Waals surface area contributed by atoms with Crippen LogP contribution in [0.3, 0.4) is 0 Å². The number of carboxylic acid groups (broad SMARTS) is 1. The molecule has 0 saturated carbocycles. The Balaban J connectivity index is -0.000000245. The second kappa shape index (κ2) is 6.55. The number of aliphatic carboxylic acids is 1. The smallest absolute Gasteiger partial charge is 1.00 e. The van der Waals surface area contributed by atoms with Gasteiger partial charge in [-0.15, -0.1) is 0 Å². The number of hydrogen-bond donors (Lipinski definition) is 2. The van der Waals surface area contributed by atoms with Gasteiger partial charge in [0, 0.05) is 6.04 Å². The number of nitrogens with one attached hydrogen (secondary N) is 1. The van der Waals surface area contributed by atoms with Gasteiger partial charge in [0.15, 0.2) is 0 Å². The van der Waals surface area contributed by atoms with Crippen LogP contribution in [0.25, 0.3) is 0 Å². The maximum Gasteiger partial charge on any atom is 1.00 e. The molecule has 0 atom stereocenters. The number of hydrogen-bond acceptors (Lipinski definition) is 2. The maximum atomic E-state index is 9.84. The molecule has 0 bridgehead atoms. The van der Waals surface area contributed by atoms with Gasteiger partial charge >= 0.3 is 35.5 Å². The van der Waals surface area contributed by atoms with Crippen LogP contribution in [-0.2, 0) is 4.79 Å². The molecule has 0 rings (SSSR count). The SMILES string of the molecule is CC(C)NCC(=O)O.[H-].[Na+]. The largest absolute Gasteiger partial charge is 1.00 e. The van der Waals surface area contributed by atoms with Crippen molar-refractivity contribution in [2.45, 2.75) is 19.9 Å². The third kappa shape index (κ3) is 11.8. The van der Waals surface area contributed by atoms with Crippen LogP contribution in [0.1, 0.15) is 15.3 Å². The normalized spacial score (nSPS) is 8.78. The number of carbonyl (C=O) groups is 1. The molecule has 3 nitrogen and oxygen atoms in total. The van der Waals surface area contributed by atoms with E-state index < -0.39 is 5.97 Å². The third-order valence-electron chi connectivity index (χ3n) is 0.662. The Bertz CT molecular complexity index is 89.7. The zero-order valence-electron chi connectivity index (χ0n) is 7.14. The van der Waals surface area contributed by atoms with E-state index in [4.69, 9.17) is 5.11 Å². The standard InChI is InChI=1S/C5H11NO2.Na.H/c1-4(2)6-3-5(7)8;;/h4,6H,3H2,1-2H3,(H,7,8);;/q;+1;-1. The average molecular weight is 141 g/mol. The van der Waals surface area contributed by atoms with Crippen molar-refractivity contribution < 1.29 is 40.9 Å². The van der Waals surface area contributed by atoms with Crippen LogP contribution in [-0.4, -0.2) is 23.7 Å². The first kappa shape index (κ1) is 12.1. The Morgan fingerprint density at radius 3 is 2.33 bits per heavy atom. The van der Waals surface area contributed by atoms with Crippen molar-refractivity contribution in [3.05, 3.63) is 0 Å². The van der Waals surface area contributed by atoms with E-state index in [2.05, 4.69) is 5.32 Å². The van der Waals surface area contributed by atoms with Crippen LogP contribution in [0, 0.1) is 0 Å². The van der Waals surface area contributed by atoms with Crippen molar-refractivity contribution in [2.24, 2.45) is 0 Å². The number of rotatable bonds is 3. The second-order valence-corrected chi connectivity index (χ2v) is 1.93. The fourth-order valence-corrected chi connectivity index (χ4v) is 0.291. The molecule has 0 amide bonds.